The first kappa shape index (κ1) is 78.5. The normalized spacial score (nSPS) is 16.8. The van der Waals surface area contributed by atoms with E-state index >= 15 is 0 Å². The van der Waals surface area contributed by atoms with Crippen LogP contribution in [0.2, 0.25) is 0 Å². The Morgan fingerprint density at radius 1 is 0.537 bits per heavy atom. The summed E-state index contributed by atoms with van der Waals surface area (Å²) in [5.41, 5.74) is 40.6. The zero-order valence-electron chi connectivity index (χ0n) is 54.5. The number of amides is 13. The highest BCUT2D eigenvalue weighted by Crippen LogP contribution is 2.24. The molecule has 0 saturated carbocycles. The molecule has 524 valence electrons. The Kier molecular flexibility index (Phi) is 33.9. The van der Waals surface area contributed by atoms with Crippen molar-refractivity contribution in [2.45, 2.75) is 183 Å². The van der Waals surface area contributed by atoms with Crippen LogP contribution in [0.4, 0.5) is 0 Å². The Morgan fingerprint density at radius 3 is 1.51 bits per heavy atom. The van der Waals surface area contributed by atoms with Crippen LogP contribution in [-0.4, -0.2) is 198 Å². The van der Waals surface area contributed by atoms with E-state index in [1.807, 2.05) is 20.1 Å². The molecule has 10 atom stereocenters. The van der Waals surface area contributed by atoms with Crippen LogP contribution < -0.4 is 82.7 Å². The van der Waals surface area contributed by atoms with Crippen LogP contribution in [0.1, 0.15) is 121 Å². The lowest BCUT2D eigenvalue weighted by atomic mass is 10.0. The minimum Gasteiger partial charge on any atom is -0.370 e. The lowest BCUT2D eigenvalue weighted by Crippen LogP contribution is -2.60. The van der Waals surface area contributed by atoms with Crippen molar-refractivity contribution in [2.24, 2.45) is 51.0 Å². The Bertz CT molecular complexity index is 2960. The van der Waals surface area contributed by atoms with E-state index < -0.39 is 169 Å². The molecule has 2 aliphatic rings. The van der Waals surface area contributed by atoms with Crippen LogP contribution in [0.3, 0.4) is 0 Å². The zero-order valence-corrected chi connectivity index (χ0v) is 55.3. The van der Waals surface area contributed by atoms with E-state index in [1.54, 1.807) is 60.7 Å². The standard InChI is InChI=1S/C63H98N18O13S/c1-37(2)33-45(57(89)74-41(53(68)85)27-32-95-3)73-52(84)36-72-54(86)46(34-38-15-6-4-7-16-38)78-58(90)47(35-39-17-8-5-9-18-39)79-56(88)42(23-25-50(66)82)75-55(87)43(24-26-51(67)83)76-59(91)49-22-14-31-81(49)62(94)44(20-10-11-28-64)77-60(92)48-21-13-30-80(48)61(93)40(65)19-12-29-71-63(69)70/h4-9,15-18,37,40-49H,10-14,19-36,64-65H2,1-3H3,(H2,66,82)(H2,67,83)(H2,68,85)(H,72,86)(H,73,84)(H,74,89)(H,75,87)(H,76,91)(H,77,92)(H,78,90)(H,79,88)(H4,69,70,71)/t40-,41-,42+,43-,44-,45+,46+,47-,48-,49-/m0/s1. The van der Waals surface area contributed by atoms with Gasteiger partial charge < -0.3 is 92.5 Å². The average molecular weight is 1350 g/mol. The summed E-state index contributed by atoms with van der Waals surface area (Å²) < 4.78 is 0. The molecule has 2 aromatic rings. The quantitative estimate of drug-likeness (QED) is 0.0173. The van der Waals surface area contributed by atoms with Gasteiger partial charge in [0.1, 0.15) is 54.4 Å². The monoisotopic (exact) mass is 1350 g/mol. The average Bonchev–Trinajstić information content (AvgIpc) is 1.74. The molecule has 2 heterocycles. The van der Waals surface area contributed by atoms with Gasteiger partial charge >= 0.3 is 0 Å². The molecule has 0 spiro atoms. The number of nitrogens with two attached hydrogens (primary N) is 7. The first-order valence-corrected chi connectivity index (χ1v) is 33.6. The maximum absolute atomic E-state index is 14.7. The summed E-state index contributed by atoms with van der Waals surface area (Å²) in [4.78, 5) is 185. The second-order valence-corrected chi connectivity index (χ2v) is 25.1. The van der Waals surface area contributed by atoms with Crippen molar-refractivity contribution in [3.05, 3.63) is 71.8 Å². The van der Waals surface area contributed by atoms with Gasteiger partial charge in [0, 0.05) is 45.3 Å². The van der Waals surface area contributed by atoms with Gasteiger partial charge in [-0.2, -0.15) is 11.8 Å². The number of carbonyl (C=O) groups is 13. The maximum atomic E-state index is 14.7. The highest BCUT2D eigenvalue weighted by Gasteiger charge is 2.42. The second-order valence-electron chi connectivity index (χ2n) is 24.1. The first-order valence-electron chi connectivity index (χ1n) is 32.2. The van der Waals surface area contributed by atoms with Crippen molar-refractivity contribution in [2.75, 3.05) is 44.7 Å². The van der Waals surface area contributed by atoms with Gasteiger partial charge in [-0.1, -0.05) is 74.5 Å². The molecule has 0 aliphatic carbocycles. The molecular formula is C63H98N18O13S. The number of thioether (sulfide) groups is 1. The smallest absolute Gasteiger partial charge is 0.245 e. The van der Waals surface area contributed by atoms with E-state index in [4.69, 9.17) is 40.1 Å². The molecule has 0 radical (unpaired) electrons. The molecule has 2 aliphatic heterocycles. The topological polar surface area (TPSA) is 519 Å². The van der Waals surface area contributed by atoms with E-state index in [2.05, 4.69) is 47.5 Å². The SMILES string of the molecule is CSCC[C@H](NC(=O)[C@@H](CC(C)C)NC(=O)CNC(=O)[C@@H](Cc1ccccc1)NC(=O)[C@H](Cc1ccccc1)NC(=O)[C@@H](CCC(N)=O)NC(=O)[C@H](CCC(N)=O)NC(=O)[C@@H]1CCCN1C(=O)[C@H](CCCCN)NC(=O)[C@@H]1CCCN1C(=O)[C@@H](N)CCCN=C(N)N)C(N)=O. The minimum absolute atomic E-state index is 0.0736. The Hall–Kier alpha value is -8.91. The predicted octanol–water partition coefficient (Wildman–Crippen LogP) is -3.71. The molecular weight excluding hydrogens is 1250 g/mol. The molecule has 0 bridgehead atoms. The number of unbranched alkanes of at least 4 members (excludes halogenated alkanes) is 1. The van der Waals surface area contributed by atoms with E-state index in [9.17, 15) is 62.3 Å². The largest absolute Gasteiger partial charge is 0.370 e. The van der Waals surface area contributed by atoms with Gasteiger partial charge in [0.25, 0.3) is 0 Å². The molecule has 32 heteroatoms. The van der Waals surface area contributed by atoms with Gasteiger partial charge in [0.2, 0.25) is 76.8 Å². The number of guanidine groups is 1. The van der Waals surface area contributed by atoms with Crippen LogP contribution >= 0.6 is 11.8 Å². The molecule has 95 heavy (non-hydrogen) atoms. The van der Waals surface area contributed by atoms with Gasteiger partial charge in [-0.15, -0.1) is 0 Å². The van der Waals surface area contributed by atoms with Gasteiger partial charge in [-0.3, -0.25) is 67.3 Å². The number of likely N-dealkylation sites (tertiary alicyclic amines) is 2. The maximum Gasteiger partial charge on any atom is 0.245 e. The molecule has 0 aromatic heterocycles. The van der Waals surface area contributed by atoms with E-state index in [-0.39, 0.29) is 83.0 Å². The number of benzene rings is 2. The Balaban J connectivity index is 1.56. The number of hydrogen-bond acceptors (Lipinski definition) is 17. The Labute approximate surface area is 558 Å². The van der Waals surface area contributed by atoms with Crippen LogP contribution in [-0.2, 0) is 75.2 Å². The first-order chi connectivity index (χ1) is 45.2. The number of carbonyl (C=O) groups excluding carboxylic acids is 13. The molecule has 22 N–H and O–H groups in total. The van der Waals surface area contributed by atoms with Crippen molar-refractivity contribution >= 4 is 94.5 Å². The fourth-order valence-corrected chi connectivity index (χ4v) is 11.5. The second kappa shape index (κ2) is 41.0. The molecule has 0 unspecified atom stereocenters. The summed E-state index contributed by atoms with van der Waals surface area (Å²) in [5, 5.41) is 21.1. The van der Waals surface area contributed by atoms with Gasteiger partial charge in [-0.25, -0.2) is 0 Å². The number of aliphatic imine (C=N–C) groups is 1. The van der Waals surface area contributed by atoms with E-state index in [1.165, 1.54) is 21.6 Å². The van der Waals surface area contributed by atoms with Crippen LogP contribution in [0, 0.1) is 5.92 Å². The van der Waals surface area contributed by atoms with Gasteiger partial charge in [0.05, 0.1) is 12.6 Å². The molecule has 13 amide bonds. The summed E-state index contributed by atoms with van der Waals surface area (Å²) in [6.07, 6.45) is 3.12. The summed E-state index contributed by atoms with van der Waals surface area (Å²) in [5.74, 6) is -9.80. The van der Waals surface area contributed by atoms with Crippen molar-refractivity contribution in [1.29, 1.82) is 0 Å². The summed E-state index contributed by atoms with van der Waals surface area (Å²) in [6, 6.07) is 4.51. The van der Waals surface area contributed by atoms with Crippen LogP contribution in [0.25, 0.3) is 0 Å². The molecule has 2 saturated heterocycles. The van der Waals surface area contributed by atoms with Crippen molar-refractivity contribution in [1.82, 2.24) is 52.3 Å². The summed E-state index contributed by atoms with van der Waals surface area (Å²) in [7, 11) is 0. The minimum atomic E-state index is -1.64. The molecule has 2 fully saturated rings. The van der Waals surface area contributed by atoms with E-state index in [0.717, 1.165) is 0 Å². The number of nitrogens with zero attached hydrogens (tertiary/aromatic N) is 3. The third-order valence-electron chi connectivity index (χ3n) is 16.0. The lowest BCUT2D eigenvalue weighted by Gasteiger charge is -2.32. The lowest BCUT2D eigenvalue weighted by molar-refractivity contribution is -0.144. The summed E-state index contributed by atoms with van der Waals surface area (Å²) in [6.45, 7) is 3.86. The van der Waals surface area contributed by atoms with Crippen molar-refractivity contribution in [3.8, 4) is 0 Å². The Morgan fingerprint density at radius 2 is 1.01 bits per heavy atom. The third kappa shape index (κ3) is 27.5. The summed E-state index contributed by atoms with van der Waals surface area (Å²) >= 11 is 1.45. The van der Waals surface area contributed by atoms with Crippen molar-refractivity contribution in [3.63, 3.8) is 0 Å². The van der Waals surface area contributed by atoms with Crippen LogP contribution in [0.15, 0.2) is 65.7 Å². The zero-order chi connectivity index (χ0) is 70.1. The third-order valence-corrected chi connectivity index (χ3v) is 16.7. The van der Waals surface area contributed by atoms with Gasteiger partial charge in [0.15, 0.2) is 5.96 Å². The van der Waals surface area contributed by atoms with Crippen molar-refractivity contribution < 1.29 is 62.3 Å². The number of nitrogens with one attached hydrogen (secondary N) is 8. The fraction of sp³-hybridized carbons (Fsp3) is 0.587. The fourth-order valence-electron chi connectivity index (χ4n) is 11.0. The highest BCUT2D eigenvalue weighted by atomic mass is 32.2. The molecule has 31 nitrogen and oxygen atoms in total. The number of primary amides is 3. The highest BCUT2D eigenvalue weighted by molar-refractivity contribution is 7.98. The number of rotatable bonds is 42. The number of hydrogen-bond donors (Lipinski definition) is 15. The van der Waals surface area contributed by atoms with Gasteiger partial charge in [-0.05, 0) is 119 Å². The molecule has 4 rings (SSSR count). The van der Waals surface area contributed by atoms with Crippen LogP contribution in [0.5, 0.6) is 0 Å². The predicted molar refractivity (Wildman–Crippen MR) is 356 cm³/mol. The van der Waals surface area contributed by atoms with E-state index in [0.29, 0.717) is 55.4 Å². The molecule has 2 aromatic carbocycles.